The standard InChI is InChI=1S/C17H12BrCl2N/c18-14-8-9-16(13-6-2-1-5-12(13)14)21-10-11-4-3-7-15(19)17(11)20/h1-9,21H,10H2. The van der Waals surface area contributed by atoms with Gasteiger partial charge in [-0.3, -0.25) is 0 Å². The van der Waals surface area contributed by atoms with Gasteiger partial charge in [0.2, 0.25) is 0 Å². The zero-order chi connectivity index (χ0) is 14.8. The van der Waals surface area contributed by atoms with Crippen LogP contribution >= 0.6 is 39.1 Å². The van der Waals surface area contributed by atoms with Gasteiger partial charge in [-0.05, 0) is 29.1 Å². The molecule has 1 N–H and O–H groups in total. The van der Waals surface area contributed by atoms with Gasteiger partial charge in [-0.25, -0.2) is 0 Å². The van der Waals surface area contributed by atoms with Crippen molar-refractivity contribution >= 4 is 55.6 Å². The van der Waals surface area contributed by atoms with Crippen LogP contribution in [-0.2, 0) is 6.54 Å². The van der Waals surface area contributed by atoms with Crippen LogP contribution in [0.3, 0.4) is 0 Å². The van der Waals surface area contributed by atoms with E-state index in [9.17, 15) is 0 Å². The quantitative estimate of drug-likeness (QED) is 0.545. The normalized spacial score (nSPS) is 10.8. The molecule has 0 atom stereocenters. The molecule has 4 heteroatoms. The van der Waals surface area contributed by atoms with Crippen LogP contribution in [0.25, 0.3) is 10.8 Å². The summed E-state index contributed by atoms with van der Waals surface area (Å²) in [5.41, 5.74) is 2.06. The minimum atomic E-state index is 0.580. The Labute approximate surface area is 142 Å². The van der Waals surface area contributed by atoms with Gasteiger partial charge in [0.05, 0.1) is 10.0 Å². The maximum Gasteiger partial charge on any atom is 0.0642 e. The Morgan fingerprint density at radius 2 is 1.62 bits per heavy atom. The maximum atomic E-state index is 6.22. The molecule has 0 saturated carbocycles. The van der Waals surface area contributed by atoms with E-state index in [1.165, 1.54) is 10.8 Å². The molecule has 1 nitrogen and oxygen atoms in total. The van der Waals surface area contributed by atoms with Crippen molar-refractivity contribution in [3.63, 3.8) is 0 Å². The van der Waals surface area contributed by atoms with E-state index in [1.807, 2.05) is 30.3 Å². The predicted octanol–water partition coefficient (Wildman–Crippen LogP) is 6.52. The molecule has 0 aromatic heterocycles. The molecule has 0 aliphatic heterocycles. The first-order valence-corrected chi connectivity index (χ1v) is 8.06. The van der Waals surface area contributed by atoms with Crippen LogP contribution in [0.5, 0.6) is 0 Å². The summed E-state index contributed by atoms with van der Waals surface area (Å²) in [6.07, 6.45) is 0. The van der Waals surface area contributed by atoms with Gasteiger partial charge < -0.3 is 5.32 Å². The molecular weight excluding hydrogens is 369 g/mol. The van der Waals surface area contributed by atoms with Crippen molar-refractivity contribution in [2.24, 2.45) is 0 Å². The Morgan fingerprint density at radius 3 is 2.43 bits per heavy atom. The molecule has 0 aliphatic carbocycles. The number of halogens is 3. The van der Waals surface area contributed by atoms with Crippen molar-refractivity contribution in [2.75, 3.05) is 5.32 Å². The molecule has 0 spiro atoms. The van der Waals surface area contributed by atoms with Crippen molar-refractivity contribution < 1.29 is 0 Å². The number of hydrogen-bond acceptors (Lipinski definition) is 1. The molecule has 106 valence electrons. The fraction of sp³-hybridized carbons (Fsp3) is 0.0588. The highest BCUT2D eigenvalue weighted by atomic mass is 79.9. The summed E-state index contributed by atoms with van der Waals surface area (Å²) in [6, 6.07) is 18.0. The number of rotatable bonds is 3. The van der Waals surface area contributed by atoms with E-state index in [2.05, 4.69) is 39.4 Å². The van der Waals surface area contributed by atoms with E-state index in [0.29, 0.717) is 16.6 Å². The van der Waals surface area contributed by atoms with Crippen LogP contribution in [-0.4, -0.2) is 0 Å². The highest BCUT2D eigenvalue weighted by Crippen LogP contribution is 2.31. The zero-order valence-electron chi connectivity index (χ0n) is 11.0. The zero-order valence-corrected chi connectivity index (χ0v) is 14.1. The molecule has 3 rings (SSSR count). The van der Waals surface area contributed by atoms with Gasteiger partial charge in [0.1, 0.15) is 0 Å². The van der Waals surface area contributed by atoms with E-state index < -0.39 is 0 Å². The van der Waals surface area contributed by atoms with Crippen molar-refractivity contribution in [2.45, 2.75) is 6.54 Å². The van der Waals surface area contributed by atoms with E-state index in [-0.39, 0.29) is 0 Å². The summed E-state index contributed by atoms with van der Waals surface area (Å²) in [7, 11) is 0. The van der Waals surface area contributed by atoms with E-state index in [0.717, 1.165) is 15.7 Å². The second-order valence-electron chi connectivity index (χ2n) is 4.71. The van der Waals surface area contributed by atoms with Gasteiger partial charge in [0.25, 0.3) is 0 Å². The Balaban J connectivity index is 1.92. The SMILES string of the molecule is Clc1cccc(CNc2ccc(Br)c3ccccc23)c1Cl. The highest BCUT2D eigenvalue weighted by Gasteiger charge is 2.06. The second-order valence-corrected chi connectivity index (χ2v) is 6.35. The van der Waals surface area contributed by atoms with Crippen molar-refractivity contribution in [1.82, 2.24) is 0 Å². The summed E-state index contributed by atoms with van der Waals surface area (Å²) >= 11 is 15.9. The molecule has 0 aliphatic rings. The topological polar surface area (TPSA) is 12.0 Å². The molecule has 3 aromatic carbocycles. The number of benzene rings is 3. The molecule has 0 fully saturated rings. The number of nitrogens with one attached hydrogen (secondary N) is 1. The van der Waals surface area contributed by atoms with Crippen molar-refractivity contribution in [1.29, 1.82) is 0 Å². The predicted molar refractivity (Wildman–Crippen MR) is 95.4 cm³/mol. The highest BCUT2D eigenvalue weighted by molar-refractivity contribution is 9.10. The first-order valence-electron chi connectivity index (χ1n) is 6.51. The third kappa shape index (κ3) is 3.03. The van der Waals surface area contributed by atoms with Crippen molar-refractivity contribution in [3.05, 3.63) is 74.7 Å². The van der Waals surface area contributed by atoms with Crippen LogP contribution in [0.1, 0.15) is 5.56 Å². The lowest BCUT2D eigenvalue weighted by Crippen LogP contribution is -2.01. The van der Waals surface area contributed by atoms with Gasteiger partial charge in [-0.2, -0.15) is 0 Å². The average molecular weight is 381 g/mol. The first kappa shape index (κ1) is 14.7. The lowest BCUT2D eigenvalue weighted by Gasteiger charge is -2.12. The third-order valence-electron chi connectivity index (χ3n) is 3.37. The van der Waals surface area contributed by atoms with Crippen LogP contribution in [0.2, 0.25) is 10.0 Å². The van der Waals surface area contributed by atoms with E-state index in [1.54, 1.807) is 6.07 Å². The summed E-state index contributed by atoms with van der Waals surface area (Å²) in [6.45, 7) is 0.630. The minimum absolute atomic E-state index is 0.580. The largest absolute Gasteiger partial charge is 0.380 e. The monoisotopic (exact) mass is 379 g/mol. The molecule has 0 saturated heterocycles. The fourth-order valence-electron chi connectivity index (χ4n) is 2.29. The average Bonchev–Trinajstić information content (AvgIpc) is 2.51. The van der Waals surface area contributed by atoms with Gasteiger partial charge in [-0.1, -0.05) is 75.5 Å². The molecule has 0 bridgehead atoms. The Kier molecular flexibility index (Phi) is 4.39. The van der Waals surface area contributed by atoms with Crippen LogP contribution in [0, 0.1) is 0 Å². The molecule has 0 unspecified atom stereocenters. The van der Waals surface area contributed by atoms with Crippen LogP contribution in [0.4, 0.5) is 5.69 Å². The molecule has 3 aromatic rings. The summed E-state index contributed by atoms with van der Waals surface area (Å²) in [5, 5.41) is 6.97. The Morgan fingerprint density at radius 1 is 0.857 bits per heavy atom. The summed E-state index contributed by atoms with van der Waals surface area (Å²) in [4.78, 5) is 0. The van der Waals surface area contributed by atoms with Gasteiger partial charge in [0, 0.05) is 22.1 Å². The number of anilines is 1. The van der Waals surface area contributed by atoms with Gasteiger partial charge in [-0.15, -0.1) is 0 Å². The lowest BCUT2D eigenvalue weighted by molar-refractivity contribution is 1.15. The Hall–Kier alpha value is -1.22. The van der Waals surface area contributed by atoms with Crippen LogP contribution in [0.15, 0.2) is 59.1 Å². The smallest absolute Gasteiger partial charge is 0.0642 e. The molecular formula is C17H12BrCl2N. The van der Waals surface area contributed by atoms with Gasteiger partial charge >= 0.3 is 0 Å². The molecule has 0 amide bonds. The lowest BCUT2D eigenvalue weighted by atomic mass is 10.1. The summed E-state index contributed by atoms with van der Waals surface area (Å²) < 4.78 is 1.09. The van der Waals surface area contributed by atoms with E-state index >= 15 is 0 Å². The van der Waals surface area contributed by atoms with Crippen molar-refractivity contribution in [3.8, 4) is 0 Å². The summed E-state index contributed by atoms with van der Waals surface area (Å²) in [5.74, 6) is 0. The number of fused-ring (bicyclic) bond motifs is 1. The molecule has 0 heterocycles. The molecule has 0 radical (unpaired) electrons. The van der Waals surface area contributed by atoms with E-state index in [4.69, 9.17) is 23.2 Å². The van der Waals surface area contributed by atoms with Gasteiger partial charge in [0.15, 0.2) is 0 Å². The van der Waals surface area contributed by atoms with Crippen LogP contribution < -0.4 is 5.32 Å². The minimum Gasteiger partial charge on any atom is -0.380 e. The first-order chi connectivity index (χ1) is 10.2. The Bertz CT molecular complexity index is 802. The molecule has 21 heavy (non-hydrogen) atoms. The third-order valence-corrected chi connectivity index (χ3v) is 4.92. The fourth-order valence-corrected chi connectivity index (χ4v) is 3.16. The maximum absolute atomic E-state index is 6.22. The second kappa shape index (κ2) is 6.27. The number of hydrogen-bond donors (Lipinski definition) is 1.